The van der Waals surface area contributed by atoms with Crippen molar-refractivity contribution in [1.82, 2.24) is 4.90 Å². The molecule has 0 saturated carbocycles. The molecule has 0 spiro atoms. The summed E-state index contributed by atoms with van der Waals surface area (Å²) in [6, 6.07) is 4.69. The summed E-state index contributed by atoms with van der Waals surface area (Å²) in [5.41, 5.74) is 1.03. The Hall–Kier alpha value is -1.42. The third kappa shape index (κ3) is 4.04. The molecule has 0 aromatic heterocycles. The van der Waals surface area contributed by atoms with E-state index in [1.165, 1.54) is 6.07 Å². The number of methoxy groups -OCH3 is 1. The zero-order valence-electron chi connectivity index (χ0n) is 12.8. The van der Waals surface area contributed by atoms with Gasteiger partial charge >= 0.3 is 0 Å². The largest absolute Gasteiger partial charge is 0.383 e. The van der Waals surface area contributed by atoms with Gasteiger partial charge in [0, 0.05) is 25.3 Å². The quantitative estimate of drug-likeness (QED) is 0.766. The summed E-state index contributed by atoms with van der Waals surface area (Å²) in [5.74, 6) is -0.341. The molecule has 0 unspecified atom stereocenters. The lowest BCUT2D eigenvalue weighted by Gasteiger charge is -2.30. The molecule has 1 rings (SSSR count). The van der Waals surface area contributed by atoms with Gasteiger partial charge in [0.05, 0.1) is 6.61 Å². The van der Waals surface area contributed by atoms with Crippen molar-refractivity contribution < 1.29 is 13.9 Å². The van der Waals surface area contributed by atoms with Gasteiger partial charge in [0.25, 0.3) is 5.91 Å². The van der Waals surface area contributed by atoms with Gasteiger partial charge in [0.1, 0.15) is 5.82 Å². The van der Waals surface area contributed by atoms with Crippen LogP contribution in [0.1, 0.15) is 42.6 Å². The van der Waals surface area contributed by atoms with Crippen LogP contribution in [0.25, 0.3) is 0 Å². The maximum absolute atomic E-state index is 13.3. The molecule has 0 radical (unpaired) electrons. The van der Waals surface area contributed by atoms with Crippen LogP contribution in [0.15, 0.2) is 18.2 Å². The Bertz CT molecular complexity index is 444. The van der Waals surface area contributed by atoms with Crippen molar-refractivity contribution in [2.75, 3.05) is 20.3 Å². The van der Waals surface area contributed by atoms with E-state index in [-0.39, 0.29) is 17.8 Å². The smallest absolute Gasteiger partial charge is 0.254 e. The summed E-state index contributed by atoms with van der Waals surface area (Å²) in [4.78, 5) is 14.5. The number of nitrogens with zero attached hydrogens (tertiary/aromatic N) is 1. The van der Waals surface area contributed by atoms with Crippen molar-refractivity contribution in [3.05, 3.63) is 35.1 Å². The Kier molecular flexibility index (Phi) is 6.65. The highest BCUT2D eigenvalue weighted by Gasteiger charge is 2.22. The highest BCUT2D eigenvalue weighted by Crippen LogP contribution is 2.16. The van der Waals surface area contributed by atoms with E-state index in [0.717, 1.165) is 12.8 Å². The third-order valence-electron chi connectivity index (χ3n) is 3.59. The van der Waals surface area contributed by atoms with Gasteiger partial charge < -0.3 is 9.64 Å². The number of benzene rings is 1. The molecule has 1 aromatic rings. The Balaban J connectivity index is 2.99. The number of hydrogen-bond acceptors (Lipinski definition) is 2. The normalized spacial score (nSPS) is 10.9. The zero-order chi connectivity index (χ0) is 15.1. The Morgan fingerprint density at radius 3 is 2.50 bits per heavy atom. The highest BCUT2D eigenvalue weighted by molar-refractivity contribution is 5.94. The van der Waals surface area contributed by atoms with Crippen molar-refractivity contribution in [3.8, 4) is 0 Å². The van der Waals surface area contributed by atoms with Gasteiger partial charge in [-0.3, -0.25) is 4.79 Å². The number of hydrogen-bond donors (Lipinski definition) is 0. The molecule has 0 aliphatic carbocycles. The van der Waals surface area contributed by atoms with Crippen LogP contribution in [0.5, 0.6) is 0 Å². The SMILES string of the molecule is CCC(CC)N(CCOC)C(=O)c1ccc(F)c(C)c1. The van der Waals surface area contributed by atoms with Crippen LogP contribution < -0.4 is 0 Å². The fourth-order valence-corrected chi connectivity index (χ4v) is 2.31. The summed E-state index contributed by atoms with van der Waals surface area (Å²) in [6.45, 7) is 6.86. The molecule has 0 aliphatic heterocycles. The van der Waals surface area contributed by atoms with Gasteiger partial charge in [-0.05, 0) is 43.5 Å². The van der Waals surface area contributed by atoms with Gasteiger partial charge in [-0.2, -0.15) is 0 Å². The van der Waals surface area contributed by atoms with Crippen LogP contribution in [0.3, 0.4) is 0 Å². The van der Waals surface area contributed by atoms with E-state index in [1.807, 2.05) is 4.90 Å². The molecule has 20 heavy (non-hydrogen) atoms. The predicted molar refractivity (Wildman–Crippen MR) is 78.4 cm³/mol. The molecule has 112 valence electrons. The maximum Gasteiger partial charge on any atom is 0.254 e. The Morgan fingerprint density at radius 1 is 1.35 bits per heavy atom. The Labute approximate surface area is 120 Å². The third-order valence-corrected chi connectivity index (χ3v) is 3.59. The number of carbonyl (C=O) groups is 1. The molecule has 0 saturated heterocycles. The average Bonchev–Trinajstić information content (AvgIpc) is 2.45. The first-order valence-corrected chi connectivity index (χ1v) is 7.11. The van der Waals surface area contributed by atoms with Crippen molar-refractivity contribution in [2.45, 2.75) is 39.7 Å². The minimum absolute atomic E-state index is 0.0566. The van der Waals surface area contributed by atoms with E-state index in [9.17, 15) is 9.18 Å². The Morgan fingerprint density at radius 2 is 2.00 bits per heavy atom. The topological polar surface area (TPSA) is 29.5 Å². The van der Waals surface area contributed by atoms with Crippen molar-refractivity contribution in [2.24, 2.45) is 0 Å². The maximum atomic E-state index is 13.3. The van der Waals surface area contributed by atoms with E-state index >= 15 is 0 Å². The number of rotatable bonds is 7. The molecule has 1 amide bonds. The fraction of sp³-hybridized carbons (Fsp3) is 0.562. The van der Waals surface area contributed by atoms with Crippen molar-refractivity contribution >= 4 is 5.91 Å². The fourth-order valence-electron chi connectivity index (χ4n) is 2.31. The van der Waals surface area contributed by atoms with Crippen LogP contribution in [-0.4, -0.2) is 37.1 Å². The predicted octanol–water partition coefficient (Wildman–Crippen LogP) is 3.41. The van der Waals surface area contributed by atoms with Crippen LogP contribution in [0.4, 0.5) is 4.39 Å². The molecule has 4 heteroatoms. The van der Waals surface area contributed by atoms with Gasteiger partial charge in [-0.15, -0.1) is 0 Å². The summed E-state index contributed by atoms with van der Waals surface area (Å²) in [7, 11) is 1.62. The van der Waals surface area contributed by atoms with Gasteiger partial charge in [-0.1, -0.05) is 13.8 Å². The molecule has 0 atom stereocenters. The molecule has 0 fully saturated rings. The lowest BCUT2D eigenvalue weighted by atomic mass is 10.1. The summed E-state index contributed by atoms with van der Waals surface area (Å²) in [6.07, 6.45) is 1.79. The zero-order valence-corrected chi connectivity index (χ0v) is 12.8. The first-order chi connectivity index (χ1) is 9.54. The molecule has 0 heterocycles. The van der Waals surface area contributed by atoms with Crippen LogP contribution in [-0.2, 0) is 4.74 Å². The van der Waals surface area contributed by atoms with E-state index in [0.29, 0.717) is 24.3 Å². The lowest BCUT2D eigenvalue weighted by Crippen LogP contribution is -2.41. The number of aryl methyl sites for hydroxylation is 1. The van der Waals surface area contributed by atoms with Gasteiger partial charge in [0.15, 0.2) is 0 Å². The number of carbonyl (C=O) groups excluding carboxylic acids is 1. The van der Waals surface area contributed by atoms with Crippen LogP contribution in [0, 0.1) is 12.7 Å². The molecule has 0 aliphatic rings. The molecule has 1 aromatic carbocycles. The van der Waals surface area contributed by atoms with Crippen molar-refractivity contribution in [1.29, 1.82) is 0 Å². The number of amides is 1. The van der Waals surface area contributed by atoms with Crippen molar-refractivity contribution in [3.63, 3.8) is 0 Å². The van der Waals surface area contributed by atoms with Crippen LogP contribution >= 0.6 is 0 Å². The monoisotopic (exact) mass is 281 g/mol. The van der Waals surface area contributed by atoms with E-state index in [1.54, 1.807) is 26.2 Å². The summed E-state index contributed by atoms with van der Waals surface area (Å²) >= 11 is 0. The minimum Gasteiger partial charge on any atom is -0.383 e. The molecule has 3 nitrogen and oxygen atoms in total. The molecule has 0 N–H and O–H groups in total. The second-order valence-corrected chi connectivity index (χ2v) is 4.93. The first-order valence-electron chi connectivity index (χ1n) is 7.11. The highest BCUT2D eigenvalue weighted by atomic mass is 19.1. The van der Waals surface area contributed by atoms with E-state index in [4.69, 9.17) is 4.74 Å². The van der Waals surface area contributed by atoms with Gasteiger partial charge in [0.2, 0.25) is 0 Å². The van der Waals surface area contributed by atoms with Crippen LogP contribution in [0.2, 0.25) is 0 Å². The summed E-state index contributed by atoms with van der Waals surface area (Å²) in [5, 5.41) is 0. The second kappa shape index (κ2) is 8.00. The standard InChI is InChI=1S/C16H24FNO2/c1-5-14(6-2)18(9-10-20-4)16(19)13-7-8-15(17)12(3)11-13/h7-8,11,14H,5-6,9-10H2,1-4H3. The van der Waals surface area contributed by atoms with E-state index < -0.39 is 0 Å². The number of ether oxygens (including phenoxy) is 1. The lowest BCUT2D eigenvalue weighted by molar-refractivity contribution is 0.0589. The molecule has 0 bridgehead atoms. The molecular weight excluding hydrogens is 257 g/mol. The summed E-state index contributed by atoms with van der Waals surface area (Å²) < 4.78 is 18.4. The second-order valence-electron chi connectivity index (χ2n) is 4.93. The van der Waals surface area contributed by atoms with Gasteiger partial charge in [-0.25, -0.2) is 4.39 Å². The molecular formula is C16H24FNO2. The first kappa shape index (κ1) is 16.6. The number of halogens is 1. The van der Waals surface area contributed by atoms with E-state index in [2.05, 4.69) is 13.8 Å². The average molecular weight is 281 g/mol. The minimum atomic E-state index is -0.285.